The Kier molecular flexibility index (Phi) is 4.03. The Morgan fingerprint density at radius 2 is 1.63 bits per heavy atom. The fourth-order valence-electron chi connectivity index (χ4n) is 1.75. The van der Waals surface area contributed by atoms with Gasteiger partial charge in [-0.2, -0.15) is 0 Å². The number of amides is 1. The molecule has 0 bridgehead atoms. The largest absolute Gasteiger partial charge is 0.497 e. The lowest BCUT2D eigenvalue weighted by molar-refractivity contribution is -0.114. The Balaban J connectivity index is 2.15. The van der Waals surface area contributed by atoms with Gasteiger partial charge in [-0.25, -0.2) is 0 Å². The summed E-state index contributed by atoms with van der Waals surface area (Å²) < 4.78 is 5.17. The van der Waals surface area contributed by atoms with Crippen LogP contribution < -0.4 is 15.4 Å². The van der Waals surface area contributed by atoms with Crippen LogP contribution in [-0.4, -0.2) is 13.0 Å². The number of carbonyl (C=O) groups is 1. The highest BCUT2D eigenvalue weighted by Crippen LogP contribution is 2.23. The lowest BCUT2D eigenvalue weighted by Crippen LogP contribution is -2.05. The molecule has 0 radical (unpaired) electrons. The zero-order valence-electron chi connectivity index (χ0n) is 10.9. The number of hydrogen-bond acceptors (Lipinski definition) is 3. The van der Waals surface area contributed by atoms with Gasteiger partial charge < -0.3 is 15.4 Å². The number of rotatable bonds is 4. The van der Waals surface area contributed by atoms with E-state index in [0.29, 0.717) is 0 Å². The maximum absolute atomic E-state index is 11.0. The molecule has 0 saturated carbocycles. The van der Waals surface area contributed by atoms with Gasteiger partial charge in [0.1, 0.15) is 5.75 Å². The molecule has 0 aliphatic carbocycles. The number of anilines is 3. The highest BCUT2D eigenvalue weighted by Gasteiger charge is 1.99. The zero-order valence-corrected chi connectivity index (χ0v) is 10.9. The first-order valence-electron chi connectivity index (χ1n) is 5.96. The lowest BCUT2D eigenvalue weighted by atomic mass is 10.2. The quantitative estimate of drug-likeness (QED) is 0.881. The van der Waals surface area contributed by atoms with Crippen molar-refractivity contribution in [2.24, 2.45) is 0 Å². The first-order valence-corrected chi connectivity index (χ1v) is 5.96. The van der Waals surface area contributed by atoms with Crippen molar-refractivity contribution in [1.29, 1.82) is 0 Å². The highest BCUT2D eigenvalue weighted by atomic mass is 16.5. The third-order valence-electron chi connectivity index (χ3n) is 2.54. The molecule has 4 nitrogen and oxygen atoms in total. The smallest absolute Gasteiger partial charge is 0.221 e. The fourth-order valence-corrected chi connectivity index (χ4v) is 1.75. The van der Waals surface area contributed by atoms with E-state index in [2.05, 4.69) is 10.6 Å². The standard InChI is InChI=1S/C15H16N2O2/c1-11(18)16-12-5-3-6-13(9-12)17-14-7-4-8-15(10-14)19-2/h3-10,17H,1-2H3,(H,16,18). The molecule has 4 heteroatoms. The molecule has 19 heavy (non-hydrogen) atoms. The fraction of sp³-hybridized carbons (Fsp3) is 0.133. The van der Waals surface area contributed by atoms with Crippen LogP contribution in [0.2, 0.25) is 0 Å². The van der Waals surface area contributed by atoms with Gasteiger partial charge in [0, 0.05) is 30.1 Å². The van der Waals surface area contributed by atoms with E-state index in [0.717, 1.165) is 22.8 Å². The number of methoxy groups -OCH3 is 1. The van der Waals surface area contributed by atoms with Gasteiger partial charge >= 0.3 is 0 Å². The molecule has 0 spiro atoms. The van der Waals surface area contributed by atoms with Gasteiger partial charge in [-0.1, -0.05) is 12.1 Å². The van der Waals surface area contributed by atoms with Crippen molar-refractivity contribution in [2.75, 3.05) is 17.7 Å². The summed E-state index contributed by atoms with van der Waals surface area (Å²) >= 11 is 0. The average molecular weight is 256 g/mol. The monoisotopic (exact) mass is 256 g/mol. The van der Waals surface area contributed by atoms with E-state index in [1.807, 2.05) is 48.5 Å². The Labute approximate surface area is 112 Å². The summed E-state index contributed by atoms with van der Waals surface area (Å²) in [6.07, 6.45) is 0. The molecule has 2 rings (SSSR count). The summed E-state index contributed by atoms with van der Waals surface area (Å²) in [5.41, 5.74) is 2.60. The van der Waals surface area contributed by atoms with Crippen LogP contribution in [0.3, 0.4) is 0 Å². The number of carbonyl (C=O) groups excluding carboxylic acids is 1. The van der Waals surface area contributed by atoms with E-state index in [9.17, 15) is 4.79 Å². The van der Waals surface area contributed by atoms with Gasteiger partial charge in [-0.15, -0.1) is 0 Å². The van der Waals surface area contributed by atoms with E-state index in [-0.39, 0.29) is 5.91 Å². The van der Waals surface area contributed by atoms with Gasteiger partial charge in [0.25, 0.3) is 0 Å². The van der Waals surface area contributed by atoms with E-state index < -0.39 is 0 Å². The average Bonchev–Trinajstić information content (AvgIpc) is 2.38. The van der Waals surface area contributed by atoms with Gasteiger partial charge in [0.2, 0.25) is 5.91 Å². The molecule has 2 aromatic carbocycles. The predicted octanol–water partition coefficient (Wildman–Crippen LogP) is 3.40. The number of benzene rings is 2. The second-order valence-electron chi connectivity index (χ2n) is 4.12. The summed E-state index contributed by atoms with van der Waals surface area (Å²) in [4.78, 5) is 11.0. The molecule has 0 fully saturated rings. The second kappa shape index (κ2) is 5.91. The normalized spacial score (nSPS) is 9.79. The van der Waals surface area contributed by atoms with Crippen LogP contribution in [0.1, 0.15) is 6.92 Å². The maximum atomic E-state index is 11.0. The van der Waals surface area contributed by atoms with Crippen molar-refractivity contribution >= 4 is 23.0 Å². The van der Waals surface area contributed by atoms with Crippen LogP contribution in [0.5, 0.6) is 5.75 Å². The Bertz CT molecular complexity index is 582. The number of hydrogen-bond donors (Lipinski definition) is 2. The van der Waals surface area contributed by atoms with Crippen molar-refractivity contribution in [3.05, 3.63) is 48.5 Å². The summed E-state index contributed by atoms with van der Waals surface area (Å²) in [6, 6.07) is 15.2. The molecule has 98 valence electrons. The van der Waals surface area contributed by atoms with Crippen molar-refractivity contribution < 1.29 is 9.53 Å². The van der Waals surface area contributed by atoms with Gasteiger partial charge in [0.05, 0.1) is 7.11 Å². The number of nitrogens with one attached hydrogen (secondary N) is 2. The van der Waals surface area contributed by atoms with Crippen LogP contribution >= 0.6 is 0 Å². The topological polar surface area (TPSA) is 50.4 Å². The van der Waals surface area contributed by atoms with E-state index >= 15 is 0 Å². The third kappa shape index (κ3) is 3.74. The minimum atomic E-state index is -0.0847. The van der Waals surface area contributed by atoms with Crippen LogP contribution in [-0.2, 0) is 4.79 Å². The first kappa shape index (κ1) is 13.0. The molecule has 0 unspecified atom stereocenters. The second-order valence-corrected chi connectivity index (χ2v) is 4.12. The SMILES string of the molecule is COc1cccc(Nc2cccc(NC(C)=O)c2)c1. The van der Waals surface area contributed by atoms with Crippen molar-refractivity contribution in [3.8, 4) is 5.75 Å². The summed E-state index contributed by atoms with van der Waals surface area (Å²) in [5.74, 6) is 0.710. The van der Waals surface area contributed by atoms with E-state index in [1.165, 1.54) is 6.92 Å². The Morgan fingerprint density at radius 3 is 2.32 bits per heavy atom. The Hall–Kier alpha value is -2.49. The summed E-state index contributed by atoms with van der Waals surface area (Å²) in [7, 11) is 1.64. The zero-order chi connectivity index (χ0) is 13.7. The molecule has 0 aromatic heterocycles. The van der Waals surface area contributed by atoms with Gasteiger partial charge in [0.15, 0.2) is 0 Å². The molecule has 0 aliphatic heterocycles. The molecule has 0 saturated heterocycles. The van der Waals surface area contributed by atoms with Crippen molar-refractivity contribution in [2.45, 2.75) is 6.92 Å². The highest BCUT2D eigenvalue weighted by molar-refractivity contribution is 5.89. The third-order valence-corrected chi connectivity index (χ3v) is 2.54. The molecule has 0 heterocycles. The predicted molar refractivity (Wildman–Crippen MR) is 77.0 cm³/mol. The molecule has 0 aliphatic rings. The first-order chi connectivity index (χ1) is 9.17. The van der Waals surface area contributed by atoms with E-state index in [4.69, 9.17) is 4.74 Å². The van der Waals surface area contributed by atoms with Gasteiger partial charge in [-0.3, -0.25) is 4.79 Å². The van der Waals surface area contributed by atoms with E-state index in [1.54, 1.807) is 7.11 Å². The van der Waals surface area contributed by atoms with Crippen molar-refractivity contribution in [1.82, 2.24) is 0 Å². The molecule has 2 N–H and O–H groups in total. The minimum absolute atomic E-state index is 0.0847. The minimum Gasteiger partial charge on any atom is -0.497 e. The molecule has 1 amide bonds. The summed E-state index contributed by atoms with van der Waals surface area (Å²) in [6.45, 7) is 1.49. The van der Waals surface area contributed by atoms with Crippen LogP contribution in [0.15, 0.2) is 48.5 Å². The summed E-state index contributed by atoms with van der Waals surface area (Å²) in [5, 5.41) is 6.01. The van der Waals surface area contributed by atoms with Crippen LogP contribution in [0.4, 0.5) is 17.1 Å². The molecule has 2 aromatic rings. The van der Waals surface area contributed by atoms with Crippen LogP contribution in [0, 0.1) is 0 Å². The maximum Gasteiger partial charge on any atom is 0.221 e. The van der Waals surface area contributed by atoms with Gasteiger partial charge in [-0.05, 0) is 30.3 Å². The lowest BCUT2D eigenvalue weighted by Gasteiger charge is -2.09. The molecule has 0 atom stereocenters. The van der Waals surface area contributed by atoms with Crippen molar-refractivity contribution in [3.63, 3.8) is 0 Å². The number of ether oxygens (including phenoxy) is 1. The molecular formula is C15H16N2O2. The molecular weight excluding hydrogens is 240 g/mol. The Morgan fingerprint density at radius 1 is 1.00 bits per heavy atom. The van der Waals surface area contributed by atoms with Crippen LogP contribution in [0.25, 0.3) is 0 Å².